The van der Waals surface area contributed by atoms with Crippen molar-refractivity contribution in [3.8, 4) is 0 Å². The number of ketones is 1. The van der Waals surface area contributed by atoms with Crippen LogP contribution in [0.3, 0.4) is 0 Å². The number of hydrogen-bond donors (Lipinski definition) is 0. The minimum atomic E-state index is 0.0350. The summed E-state index contributed by atoms with van der Waals surface area (Å²) in [5.41, 5.74) is 2.54. The maximum absolute atomic E-state index is 12.5. The van der Waals surface area contributed by atoms with Gasteiger partial charge >= 0.3 is 0 Å². The van der Waals surface area contributed by atoms with Crippen molar-refractivity contribution in [3.63, 3.8) is 0 Å². The summed E-state index contributed by atoms with van der Waals surface area (Å²) in [4.78, 5) is 14.9. The molecule has 1 aliphatic rings. The molecule has 0 bridgehead atoms. The van der Waals surface area contributed by atoms with Crippen LogP contribution < -0.4 is 0 Å². The van der Waals surface area contributed by atoms with Crippen molar-refractivity contribution < 1.29 is 4.79 Å². The number of carbonyl (C=O) groups excluding carboxylic acids is 1. The minimum absolute atomic E-state index is 0.0350. The third kappa shape index (κ3) is 4.95. The lowest BCUT2D eigenvalue weighted by Crippen LogP contribution is -2.31. The van der Waals surface area contributed by atoms with Gasteiger partial charge in [-0.15, -0.1) is 0 Å². The normalized spacial score (nSPS) is 18.6. The summed E-state index contributed by atoms with van der Waals surface area (Å²) in [6.45, 7) is 8.81. The molecule has 0 spiro atoms. The number of benzene rings is 1. The van der Waals surface area contributed by atoms with Crippen molar-refractivity contribution in [2.45, 2.75) is 52.4 Å². The second-order valence-electron chi connectivity index (χ2n) is 7.48. The maximum atomic E-state index is 12.5. The first-order valence-corrected chi connectivity index (χ1v) is 8.75. The van der Waals surface area contributed by atoms with Gasteiger partial charge in [0.15, 0.2) is 0 Å². The van der Waals surface area contributed by atoms with Gasteiger partial charge in [-0.1, -0.05) is 45.0 Å². The van der Waals surface area contributed by atoms with Crippen LogP contribution in [0.25, 0.3) is 0 Å². The molecule has 1 atom stereocenters. The number of Topliss-reactive ketones (excluding diaryl/α,β-unsaturated/α-hetero) is 1. The monoisotopic (exact) mass is 301 g/mol. The summed E-state index contributed by atoms with van der Waals surface area (Å²) in [6.07, 6.45) is 4.20. The van der Waals surface area contributed by atoms with E-state index in [-0.39, 0.29) is 5.92 Å². The number of hydrogen-bond acceptors (Lipinski definition) is 2. The van der Waals surface area contributed by atoms with Crippen LogP contribution in [0.1, 0.15) is 57.1 Å². The van der Waals surface area contributed by atoms with E-state index in [1.807, 2.05) is 0 Å². The first kappa shape index (κ1) is 17.2. The molecule has 0 aliphatic carbocycles. The fraction of sp³-hybridized carbons (Fsp3) is 0.650. The fourth-order valence-electron chi connectivity index (χ4n) is 3.33. The Bertz CT molecular complexity index is 469. The zero-order chi connectivity index (χ0) is 16.1. The maximum Gasteiger partial charge on any atom is 0.140 e. The van der Waals surface area contributed by atoms with E-state index < -0.39 is 0 Å². The highest BCUT2D eigenvalue weighted by molar-refractivity contribution is 5.85. The van der Waals surface area contributed by atoms with Gasteiger partial charge in [-0.25, -0.2) is 0 Å². The first-order valence-electron chi connectivity index (χ1n) is 8.75. The molecule has 122 valence electrons. The Kier molecular flexibility index (Phi) is 6.19. The van der Waals surface area contributed by atoms with Crippen molar-refractivity contribution in [2.75, 3.05) is 20.1 Å². The highest BCUT2D eigenvalue weighted by Gasteiger charge is 2.23. The number of rotatable bonds is 6. The topological polar surface area (TPSA) is 20.3 Å². The van der Waals surface area contributed by atoms with Crippen molar-refractivity contribution in [1.82, 2.24) is 4.90 Å². The van der Waals surface area contributed by atoms with Gasteiger partial charge in [-0.05, 0) is 62.4 Å². The molecule has 1 aromatic rings. The summed E-state index contributed by atoms with van der Waals surface area (Å²) < 4.78 is 0. The van der Waals surface area contributed by atoms with Crippen LogP contribution >= 0.6 is 0 Å². The summed E-state index contributed by atoms with van der Waals surface area (Å²) in [7, 11) is 2.17. The van der Waals surface area contributed by atoms with E-state index >= 15 is 0 Å². The molecule has 0 saturated carbocycles. The van der Waals surface area contributed by atoms with E-state index in [2.05, 4.69) is 57.0 Å². The third-order valence-electron chi connectivity index (χ3n) is 4.93. The summed E-state index contributed by atoms with van der Waals surface area (Å²) in [5.74, 6) is 1.71. The lowest BCUT2D eigenvalue weighted by molar-refractivity contribution is -0.121. The summed E-state index contributed by atoms with van der Waals surface area (Å²) >= 11 is 0. The quantitative estimate of drug-likeness (QED) is 0.781. The second kappa shape index (κ2) is 7.92. The molecule has 2 heteroatoms. The van der Waals surface area contributed by atoms with Crippen molar-refractivity contribution in [1.29, 1.82) is 0 Å². The van der Waals surface area contributed by atoms with E-state index in [9.17, 15) is 4.79 Å². The van der Waals surface area contributed by atoms with Crippen LogP contribution in [0.4, 0.5) is 0 Å². The number of likely N-dealkylation sites (tertiary alicyclic amines) is 1. The average molecular weight is 301 g/mol. The van der Waals surface area contributed by atoms with Gasteiger partial charge in [0.1, 0.15) is 5.78 Å². The van der Waals surface area contributed by atoms with E-state index in [1.165, 1.54) is 24.0 Å². The Morgan fingerprint density at radius 3 is 2.27 bits per heavy atom. The molecule has 1 saturated heterocycles. The van der Waals surface area contributed by atoms with Crippen molar-refractivity contribution in [3.05, 3.63) is 35.4 Å². The smallest absolute Gasteiger partial charge is 0.140 e. The van der Waals surface area contributed by atoms with Gasteiger partial charge in [0.2, 0.25) is 0 Å². The molecule has 0 N–H and O–H groups in total. The van der Waals surface area contributed by atoms with Gasteiger partial charge in [-0.3, -0.25) is 4.79 Å². The lowest BCUT2D eigenvalue weighted by atomic mass is 9.86. The lowest BCUT2D eigenvalue weighted by Gasteiger charge is -2.29. The first-order chi connectivity index (χ1) is 10.5. The Balaban J connectivity index is 1.89. The predicted octanol–water partition coefficient (Wildman–Crippen LogP) is 4.29. The molecule has 1 fully saturated rings. The van der Waals surface area contributed by atoms with Crippen LogP contribution in [0.15, 0.2) is 24.3 Å². The average Bonchev–Trinajstić information content (AvgIpc) is 2.49. The highest BCUT2D eigenvalue weighted by atomic mass is 16.1. The molecule has 0 unspecified atom stereocenters. The third-order valence-corrected chi connectivity index (χ3v) is 4.93. The summed E-state index contributed by atoms with van der Waals surface area (Å²) in [5, 5.41) is 0. The molecule has 2 nitrogen and oxygen atoms in total. The van der Waals surface area contributed by atoms with Crippen LogP contribution in [0, 0.1) is 11.8 Å². The number of nitrogens with zero attached hydrogens (tertiary/aromatic N) is 1. The molecule has 0 aromatic heterocycles. The molecule has 1 aromatic carbocycles. The van der Waals surface area contributed by atoms with Crippen LogP contribution in [0.2, 0.25) is 0 Å². The number of carbonyl (C=O) groups is 1. The van der Waals surface area contributed by atoms with Crippen molar-refractivity contribution >= 4 is 5.78 Å². The Hall–Kier alpha value is -1.15. The van der Waals surface area contributed by atoms with Gasteiger partial charge in [0, 0.05) is 12.3 Å². The second-order valence-corrected chi connectivity index (χ2v) is 7.48. The van der Waals surface area contributed by atoms with Gasteiger partial charge in [0.25, 0.3) is 0 Å². The van der Waals surface area contributed by atoms with E-state index in [0.29, 0.717) is 17.6 Å². The fourth-order valence-corrected chi connectivity index (χ4v) is 3.33. The molecule has 0 amide bonds. The highest BCUT2D eigenvalue weighted by Crippen LogP contribution is 2.25. The molecule has 22 heavy (non-hydrogen) atoms. The van der Waals surface area contributed by atoms with E-state index in [0.717, 1.165) is 25.9 Å². The molecule has 0 radical (unpaired) electrons. The molecule has 2 rings (SSSR count). The largest absolute Gasteiger partial charge is 0.306 e. The SMILES string of the molecule is CC(C)Cc1ccc([C@@H](C)C(=O)CC2CCN(C)CC2)cc1. The predicted molar refractivity (Wildman–Crippen MR) is 93.2 cm³/mol. The molecular weight excluding hydrogens is 270 g/mol. The zero-order valence-electron chi connectivity index (χ0n) is 14.6. The Morgan fingerprint density at radius 1 is 1.14 bits per heavy atom. The Morgan fingerprint density at radius 2 is 1.73 bits per heavy atom. The van der Waals surface area contributed by atoms with Gasteiger partial charge < -0.3 is 4.90 Å². The summed E-state index contributed by atoms with van der Waals surface area (Å²) in [6, 6.07) is 8.67. The van der Waals surface area contributed by atoms with E-state index in [1.54, 1.807) is 0 Å². The zero-order valence-corrected chi connectivity index (χ0v) is 14.6. The molecule has 1 heterocycles. The standard InChI is InChI=1S/C20H31NO/c1-15(2)13-17-5-7-19(8-6-17)16(3)20(22)14-18-9-11-21(4)12-10-18/h5-8,15-16,18H,9-14H2,1-4H3/t16-/m1/s1. The van der Waals surface area contributed by atoms with Gasteiger partial charge in [-0.2, -0.15) is 0 Å². The van der Waals surface area contributed by atoms with Crippen LogP contribution in [-0.4, -0.2) is 30.8 Å². The van der Waals surface area contributed by atoms with Crippen molar-refractivity contribution in [2.24, 2.45) is 11.8 Å². The van der Waals surface area contributed by atoms with Crippen LogP contribution in [0.5, 0.6) is 0 Å². The van der Waals surface area contributed by atoms with E-state index in [4.69, 9.17) is 0 Å². The molecular formula is C20H31NO. The number of piperidine rings is 1. The van der Waals surface area contributed by atoms with Crippen LogP contribution in [-0.2, 0) is 11.2 Å². The Labute approximate surface area is 135 Å². The molecule has 1 aliphatic heterocycles. The van der Waals surface area contributed by atoms with Gasteiger partial charge in [0.05, 0.1) is 0 Å². The minimum Gasteiger partial charge on any atom is -0.306 e.